The molecule has 10 heteroatoms. The first-order chi connectivity index (χ1) is 17.3. The van der Waals surface area contributed by atoms with Gasteiger partial charge in [-0.15, -0.1) is 0 Å². The molecule has 2 N–H and O–H groups in total. The van der Waals surface area contributed by atoms with E-state index in [1.54, 1.807) is 36.3 Å². The van der Waals surface area contributed by atoms with Crippen molar-refractivity contribution in [3.63, 3.8) is 0 Å². The zero-order valence-corrected chi connectivity index (χ0v) is 21.0. The van der Waals surface area contributed by atoms with Gasteiger partial charge < -0.3 is 30.1 Å². The third-order valence-corrected chi connectivity index (χ3v) is 5.79. The highest BCUT2D eigenvalue weighted by atomic mass is 19.1. The molecule has 1 aliphatic rings. The summed E-state index contributed by atoms with van der Waals surface area (Å²) in [5, 5.41) is 5.61. The second-order valence-corrected chi connectivity index (χ2v) is 8.87. The van der Waals surface area contributed by atoms with Crippen molar-refractivity contribution in [2.45, 2.75) is 19.9 Å². The highest BCUT2D eigenvalue weighted by molar-refractivity contribution is 5.95. The van der Waals surface area contributed by atoms with Gasteiger partial charge in [-0.2, -0.15) is 0 Å². The van der Waals surface area contributed by atoms with Gasteiger partial charge in [0.2, 0.25) is 5.91 Å². The number of hydrogen-bond acceptors (Lipinski definition) is 5. The molecule has 0 aromatic heterocycles. The van der Waals surface area contributed by atoms with Crippen molar-refractivity contribution in [1.29, 1.82) is 0 Å². The van der Waals surface area contributed by atoms with Crippen LogP contribution in [0.25, 0.3) is 0 Å². The normalized spacial score (nSPS) is 13.5. The molecule has 0 spiro atoms. The number of amides is 4. The van der Waals surface area contributed by atoms with Crippen molar-refractivity contribution >= 4 is 29.2 Å². The number of carbonyl (C=O) groups is 3. The smallest absolute Gasteiger partial charge is 0.318 e. The van der Waals surface area contributed by atoms with Crippen LogP contribution in [0.3, 0.4) is 0 Å². The van der Waals surface area contributed by atoms with Crippen LogP contribution in [0.2, 0.25) is 0 Å². The summed E-state index contributed by atoms with van der Waals surface area (Å²) < 4.78 is 19.0. The van der Waals surface area contributed by atoms with Gasteiger partial charge in [-0.3, -0.25) is 9.59 Å². The minimum absolute atomic E-state index is 0.0438. The molecule has 0 atom stereocenters. The topological polar surface area (TPSA) is 94.2 Å². The van der Waals surface area contributed by atoms with Crippen LogP contribution in [0.15, 0.2) is 48.5 Å². The van der Waals surface area contributed by atoms with E-state index < -0.39 is 5.82 Å². The number of piperazine rings is 1. The number of nitrogens with zero attached hydrogens (tertiary/aromatic N) is 3. The first-order valence-electron chi connectivity index (χ1n) is 12.0. The maximum absolute atomic E-state index is 14.0. The van der Waals surface area contributed by atoms with Gasteiger partial charge in [-0.25, -0.2) is 9.18 Å². The van der Waals surface area contributed by atoms with E-state index in [0.29, 0.717) is 45.0 Å². The first kappa shape index (κ1) is 26.9. The summed E-state index contributed by atoms with van der Waals surface area (Å²) in [6, 6.07) is 13.1. The third-order valence-electron chi connectivity index (χ3n) is 5.79. The second-order valence-electron chi connectivity index (χ2n) is 8.87. The summed E-state index contributed by atoms with van der Waals surface area (Å²) in [5.74, 6) is -1.12. The SMILES string of the molecule is COCCN(CC(=O)Nc1ccc(N2CCN(C(=O)c3ccccc3F)CC2)cc1)C(=O)NC(C)C. The van der Waals surface area contributed by atoms with E-state index in [-0.39, 0.29) is 36.0 Å². The van der Waals surface area contributed by atoms with Crippen molar-refractivity contribution in [1.82, 2.24) is 15.1 Å². The summed E-state index contributed by atoms with van der Waals surface area (Å²) in [7, 11) is 1.54. The Hall–Kier alpha value is -3.66. The molecule has 194 valence electrons. The lowest BCUT2D eigenvalue weighted by Crippen LogP contribution is -2.49. The first-order valence-corrected chi connectivity index (χ1v) is 12.0. The number of rotatable bonds is 9. The van der Waals surface area contributed by atoms with E-state index in [9.17, 15) is 18.8 Å². The highest BCUT2D eigenvalue weighted by Crippen LogP contribution is 2.21. The Bertz CT molecular complexity index is 1040. The monoisotopic (exact) mass is 499 g/mol. The number of methoxy groups -OCH3 is 1. The van der Waals surface area contributed by atoms with Crippen LogP contribution in [0, 0.1) is 5.82 Å². The lowest BCUT2D eigenvalue weighted by molar-refractivity contribution is -0.116. The fourth-order valence-corrected chi connectivity index (χ4v) is 3.89. The van der Waals surface area contributed by atoms with E-state index in [0.717, 1.165) is 5.69 Å². The fourth-order valence-electron chi connectivity index (χ4n) is 3.89. The van der Waals surface area contributed by atoms with Crippen LogP contribution in [0.1, 0.15) is 24.2 Å². The minimum atomic E-state index is -0.509. The molecule has 1 heterocycles. The molecule has 9 nitrogen and oxygen atoms in total. The minimum Gasteiger partial charge on any atom is -0.383 e. The standard InChI is InChI=1S/C26H34FN5O4/c1-19(2)28-26(35)32(16-17-36-3)18-24(33)29-20-8-10-21(11-9-20)30-12-14-31(15-13-30)25(34)22-6-4-5-7-23(22)27/h4-11,19H,12-18H2,1-3H3,(H,28,35)(H,29,33). The molecule has 3 rings (SSSR count). The molecule has 4 amide bonds. The van der Waals surface area contributed by atoms with E-state index in [1.165, 1.54) is 17.0 Å². The summed E-state index contributed by atoms with van der Waals surface area (Å²) in [6.45, 7) is 6.45. The largest absolute Gasteiger partial charge is 0.383 e. The molecular formula is C26H34FN5O4. The van der Waals surface area contributed by atoms with E-state index >= 15 is 0 Å². The number of halogens is 1. The Balaban J connectivity index is 1.52. The van der Waals surface area contributed by atoms with Gasteiger partial charge in [-0.05, 0) is 50.2 Å². The summed E-state index contributed by atoms with van der Waals surface area (Å²) in [4.78, 5) is 42.8. The van der Waals surface area contributed by atoms with Crippen molar-refractivity contribution in [2.75, 3.05) is 63.2 Å². The molecule has 0 radical (unpaired) electrons. The molecule has 0 saturated carbocycles. The quantitative estimate of drug-likeness (QED) is 0.554. The number of carbonyl (C=O) groups excluding carboxylic acids is 3. The highest BCUT2D eigenvalue weighted by Gasteiger charge is 2.24. The Labute approximate surface area is 211 Å². The van der Waals surface area contributed by atoms with Crippen LogP contribution in [0.4, 0.5) is 20.6 Å². The van der Waals surface area contributed by atoms with E-state index in [1.807, 2.05) is 26.0 Å². The van der Waals surface area contributed by atoms with Crippen LogP contribution in [-0.2, 0) is 9.53 Å². The molecule has 0 bridgehead atoms. The number of ether oxygens (including phenoxy) is 1. The van der Waals surface area contributed by atoms with Crippen LogP contribution < -0.4 is 15.5 Å². The summed E-state index contributed by atoms with van der Waals surface area (Å²) >= 11 is 0. The molecular weight excluding hydrogens is 465 g/mol. The molecule has 36 heavy (non-hydrogen) atoms. The predicted octanol–water partition coefficient (Wildman–Crippen LogP) is 2.79. The number of urea groups is 1. The molecule has 2 aromatic rings. The fraction of sp³-hybridized carbons (Fsp3) is 0.423. The van der Waals surface area contributed by atoms with Crippen LogP contribution in [0.5, 0.6) is 0 Å². The number of nitrogens with one attached hydrogen (secondary N) is 2. The van der Waals surface area contributed by atoms with Crippen molar-refractivity contribution < 1.29 is 23.5 Å². The van der Waals surface area contributed by atoms with Crippen molar-refractivity contribution in [3.05, 3.63) is 59.9 Å². The Morgan fingerprint density at radius 2 is 1.69 bits per heavy atom. The molecule has 2 aromatic carbocycles. The van der Waals surface area contributed by atoms with E-state index in [4.69, 9.17) is 4.74 Å². The maximum Gasteiger partial charge on any atom is 0.318 e. The van der Waals surface area contributed by atoms with Gasteiger partial charge in [0, 0.05) is 57.3 Å². The zero-order valence-electron chi connectivity index (χ0n) is 21.0. The van der Waals surface area contributed by atoms with Gasteiger partial charge >= 0.3 is 6.03 Å². The van der Waals surface area contributed by atoms with E-state index in [2.05, 4.69) is 15.5 Å². The Morgan fingerprint density at radius 3 is 2.31 bits per heavy atom. The molecule has 1 saturated heterocycles. The maximum atomic E-state index is 14.0. The van der Waals surface area contributed by atoms with Crippen molar-refractivity contribution in [2.24, 2.45) is 0 Å². The molecule has 1 aliphatic heterocycles. The zero-order chi connectivity index (χ0) is 26.1. The Kier molecular flexibility index (Phi) is 9.63. The molecule has 0 aliphatic carbocycles. The number of anilines is 2. The number of benzene rings is 2. The summed E-state index contributed by atoms with van der Waals surface area (Å²) in [5.41, 5.74) is 1.67. The lowest BCUT2D eigenvalue weighted by Gasteiger charge is -2.36. The molecule has 1 fully saturated rings. The average molecular weight is 500 g/mol. The third kappa shape index (κ3) is 7.42. The Morgan fingerprint density at radius 1 is 1.03 bits per heavy atom. The van der Waals surface area contributed by atoms with Gasteiger partial charge in [0.05, 0.1) is 12.2 Å². The van der Waals surface area contributed by atoms with Gasteiger partial charge in [0.25, 0.3) is 5.91 Å². The van der Waals surface area contributed by atoms with Crippen molar-refractivity contribution in [3.8, 4) is 0 Å². The molecule has 0 unspecified atom stereocenters. The second kappa shape index (κ2) is 12.9. The van der Waals surface area contributed by atoms with Crippen LogP contribution >= 0.6 is 0 Å². The predicted molar refractivity (Wildman–Crippen MR) is 137 cm³/mol. The van der Waals surface area contributed by atoms with Gasteiger partial charge in [0.1, 0.15) is 12.4 Å². The average Bonchev–Trinajstić information content (AvgIpc) is 2.86. The van der Waals surface area contributed by atoms with Gasteiger partial charge in [0.15, 0.2) is 0 Å². The van der Waals surface area contributed by atoms with Crippen LogP contribution in [-0.4, -0.2) is 86.7 Å². The lowest BCUT2D eigenvalue weighted by atomic mass is 10.1. The van der Waals surface area contributed by atoms with Gasteiger partial charge in [-0.1, -0.05) is 12.1 Å². The summed E-state index contributed by atoms with van der Waals surface area (Å²) in [6.07, 6.45) is 0. The number of hydrogen-bond donors (Lipinski definition) is 2.